The molecule has 0 radical (unpaired) electrons. The van der Waals surface area contributed by atoms with Crippen LogP contribution in [0.4, 0.5) is 10.2 Å². The van der Waals surface area contributed by atoms with E-state index < -0.39 is 48.2 Å². The van der Waals surface area contributed by atoms with Crippen LogP contribution in [-0.4, -0.2) is 62.5 Å². The third-order valence-corrected chi connectivity index (χ3v) is 5.88. The van der Waals surface area contributed by atoms with Crippen molar-refractivity contribution in [1.82, 2.24) is 24.8 Å². The van der Waals surface area contributed by atoms with Crippen LogP contribution >= 0.6 is 0 Å². The number of fused-ring (bicyclic) bond motifs is 1. The number of esters is 2. The molecular formula is C22H30FN7O5. The molecule has 190 valence electrons. The molecule has 5 N–H and O–H groups in total. The van der Waals surface area contributed by atoms with Gasteiger partial charge in [-0.05, 0) is 11.8 Å². The number of halogens is 1. The number of rotatable bonds is 8. The minimum atomic E-state index is -1.76. The first-order chi connectivity index (χ1) is 16.4. The number of nitrogens with two attached hydrogens (primary N) is 2. The quantitative estimate of drug-likeness (QED) is 0.267. The summed E-state index contributed by atoms with van der Waals surface area (Å²) in [6.07, 6.45) is 4.19. The summed E-state index contributed by atoms with van der Waals surface area (Å²) in [6, 6.07) is -1.81. The molecule has 0 bridgehead atoms. The van der Waals surface area contributed by atoms with E-state index in [0.29, 0.717) is 0 Å². The zero-order chi connectivity index (χ0) is 26.1. The maximum Gasteiger partial charge on any atom is 0.323 e. The number of imidazole rings is 1. The van der Waals surface area contributed by atoms with Crippen LogP contribution in [0.3, 0.4) is 0 Å². The first-order valence-electron chi connectivity index (χ1n) is 11.1. The van der Waals surface area contributed by atoms with Gasteiger partial charge < -0.3 is 25.7 Å². The third-order valence-electron chi connectivity index (χ3n) is 5.88. The molecule has 5 atom stereocenters. The minimum Gasteiger partial charge on any atom is -0.468 e. The van der Waals surface area contributed by atoms with Crippen LogP contribution in [0, 0.1) is 30.3 Å². The Morgan fingerprint density at radius 2 is 2.00 bits per heavy atom. The van der Waals surface area contributed by atoms with Crippen LogP contribution < -0.4 is 16.8 Å². The number of carbonyl (C=O) groups is 2. The van der Waals surface area contributed by atoms with Gasteiger partial charge in [0.25, 0.3) is 0 Å². The first-order valence-corrected chi connectivity index (χ1v) is 11.1. The van der Waals surface area contributed by atoms with Gasteiger partial charge in [-0.25, -0.2) is 4.98 Å². The predicted molar refractivity (Wildman–Crippen MR) is 122 cm³/mol. The molecular weight excluding hydrogens is 461 g/mol. The van der Waals surface area contributed by atoms with Gasteiger partial charge in [0.05, 0.1) is 13.4 Å². The molecule has 0 amide bonds. The van der Waals surface area contributed by atoms with E-state index in [9.17, 15) is 14.0 Å². The SMILES string of the molecule is C#C[C@@]1(N[C@@H](C(=O)OC)C(C)C)O[C@@H](n2cnc3c(N)nc(F)nc32)C[C@@H]1OC(=O)[C@H](N)C(C)C. The fraction of sp³-hybridized carbons (Fsp3) is 0.591. The molecule has 0 spiro atoms. The number of methoxy groups -OCH3 is 1. The van der Waals surface area contributed by atoms with Gasteiger partial charge in [-0.1, -0.05) is 33.6 Å². The summed E-state index contributed by atoms with van der Waals surface area (Å²) >= 11 is 0. The number of nitrogen functional groups attached to an aromatic ring is 1. The number of hydrogen-bond acceptors (Lipinski definition) is 11. The van der Waals surface area contributed by atoms with Gasteiger partial charge in [0, 0.05) is 6.42 Å². The molecule has 0 aromatic carbocycles. The second-order valence-corrected chi connectivity index (χ2v) is 8.97. The number of ether oxygens (including phenoxy) is 3. The van der Waals surface area contributed by atoms with E-state index in [-0.39, 0.29) is 35.2 Å². The summed E-state index contributed by atoms with van der Waals surface area (Å²) < 4.78 is 32.1. The second kappa shape index (κ2) is 10.1. The molecule has 1 fully saturated rings. The number of nitrogens with one attached hydrogen (secondary N) is 1. The lowest BCUT2D eigenvalue weighted by atomic mass is 9.99. The Labute approximate surface area is 201 Å². The van der Waals surface area contributed by atoms with Crippen molar-refractivity contribution in [2.45, 2.75) is 64.3 Å². The highest BCUT2D eigenvalue weighted by Crippen LogP contribution is 2.39. The van der Waals surface area contributed by atoms with Crippen molar-refractivity contribution in [3.8, 4) is 12.3 Å². The van der Waals surface area contributed by atoms with Crippen LogP contribution in [0.2, 0.25) is 0 Å². The number of terminal acetylenes is 1. The van der Waals surface area contributed by atoms with Crippen LogP contribution in [0.5, 0.6) is 0 Å². The fourth-order valence-electron chi connectivity index (χ4n) is 3.75. The normalized spacial score (nSPS) is 23.9. The van der Waals surface area contributed by atoms with Gasteiger partial charge in [0.2, 0.25) is 5.72 Å². The zero-order valence-electron chi connectivity index (χ0n) is 20.2. The molecule has 13 heteroatoms. The Kier molecular flexibility index (Phi) is 7.59. The van der Waals surface area contributed by atoms with Crippen LogP contribution in [-0.2, 0) is 23.8 Å². The van der Waals surface area contributed by atoms with Gasteiger partial charge in [-0.3, -0.25) is 19.5 Å². The second-order valence-electron chi connectivity index (χ2n) is 8.97. The smallest absolute Gasteiger partial charge is 0.323 e. The van der Waals surface area contributed by atoms with Crippen LogP contribution in [0.15, 0.2) is 6.33 Å². The molecule has 12 nitrogen and oxygen atoms in total. The summed E-state index contributed by atoms with van der Waals surface area (Å²) in [5.41, 5.74) is 10.2. The van der Waals surface area contributed by atoms with E-state index in [1.165, 1.54) is 18.0 Å². The van der Waals surface area contributed by atoms with Crippen molar-refractivity contribution in [3.05, 3.63) is 12.4 Å². The topological polar surface area (TPSA) is 170 Å². The number of aromatic nitrogens is 4. The van der Waals surface area contributed by atoms with Gasteiger partial charge in [-0.2, -0.15) is 14.4 Å². The summed E-state index contributed by atoms with van der Waals surface area (Å²) in [5, 5.41) is 3.00. The molecule has 0 saturated carbocycles. The highest BCUT2D eigenvalue weighted by molar-refractivity contribution is 5.81. The molecule has 1 aliphatic rings. The molecule has 3 rings (SSSR count). The molecule has 0 unspecified atom stereocenters. The highest BCUT2D eigenvalue weighted by Gasteiger charge is 2.53. The van der Waals surface area contributed by atoms with E-state index in [0.717, 1.165) is 0 Å². The molecule has 3 heterocycles. The van der Waals surface area contributed by atoms with Gasteiger partial charge in [0.1, 0.15) is 18.3 Å². The summed E-state index contributed by atoms with van der Waals surface area (Å²) in [7, 11) is 1.25. The van der Waals surface area contributed by atoms with Crippen molar-refractivity contribution < 1.29 is 28.2 Å². The lowest BCUT2D eigenvalue weighted by Gasteiger charge is -2.34. The molecule has 35 heavy (non-hydrogen) atoms. The zero-order valence-corrected chi connectivity index (χ0v) is 20.2. The maximum atomic E-state index is 13.9. The van der Waals surface area contributed by atoms with E-state index in [1.807, 2.05) is 0 Å². The summed E-state index contributed by atoms with van der Waals surface area (Å²) in [5.74, 6) is 0.614. The van der Waals surface area contributed by atoms with Gasteiger partial charge in [0.15, 0.2) is 23.1 Å². The molecule has 2 aromatic rings. The summed E-state index contributed by atoms with van der Waals surface area (Å²) in [4.78, 5) is 36.6. The number of hydrogen-bond donors (Lipinski definition) is 3. The van der Waals surface area contributed by atoms with E-state index in [4.69, 9.17) is 32.1 Å². The van der Waals surface area contributed by atoms with E-state index in [2.05, 4.69) is 26.2 Å². The fourth-order valence-corrected chi connectivity index (χ4v) is 3.75. The van der Waals surface area contributed by atoms with E-state index in [1.54, 1.807) is 27.7 Å². The van der Waals surface area contributed by atoms with E-state index >= 15 is 0 Å². The predicted octanol–water partition coefficient (Wildman–Crippen LogP) is 0.478. The minimum absolute atomic E-state index is 0.0106. The standard InChI is InChI=1S/C22H30FN7O5/c1-7-22(29-15(11(4)5)20(32)33-6)12(34-19(31)14(24)10(2)3)8-13(35-22)30-9-26-16-17(25)27-21(23)28-18(16)30/h1,9-15,29H,8,24H2,2-6H3,(H2,25,27,28)/t12-,13+,14+,15+,22+/m0/s1. The molecule has 2 aromatic heterocycles. The summed E-state index contributed by atoms with van der Waals surface area (Å²) in [6.45, 7) is 7.11. The van der Waals surface area contributed by atoms with Gasteiger partial charge in [-0.15, -0.1) is 6.42 Å². The first kappa shape index (κ1) is 26.3. The Morgan fingerprint density at radius 3 is 2.57 bits per heavy atom. The largest absolute Gasteiger partial charge is 0.468 e. The van der Waals surface area contributed by atoms with Crippen molar-refractivity contribution in [2.24, 2.45) is 17.6 Å². The number of nitrogens with zero attached hydrogens (tertiary/aromatic N) is 4. The molecule has 1 saturated heterocycles. The lowest BCUT2D eigenvalue weighted by molar-refractivity contribution is -0.164. The molecule has 1 aliphatic heterocycles. The average molecular weight is 492 g/mol. The molecule has 0 aliphatic carbocycles. The van der Waals surface area contributed by atoms with Gasteiger partial charge >= 0.3 is 18.0 Å². The van der Waals surface area contributed by atoms with Crippen LogP contribution in [0.25, 0.3) is 11.2 Å². The Bertz CT molecular complexity index is 1150. The average Bonchev–Trinajstić information content (AvgIpc) is 3.38. The number of anilines is 1. The number of carbonyl (C=O) groups excluding carboxylic acids is 2. The Morgan fingerprint density at radius 1 is 1.31 bits per heavy atom. The van der Waals surface area contributed by atoms with Crippen molar-refractivity contribution in [3.63, 3.8) is 0 Å². The Balaban J connectivity index is 2.04. The maximum absolute atomic E-state index is 13.9. The van der Waals surface area contributed by atoms with Crippen molar-refractivity contribution in [1.29, 1.82) is 0 Å². The third kappa shape index (κ3) is 5.04. The Hall–Kier alpha value is -3.34. The van der Waals surface area contributed by atoms with Crippen molar-refractivity contribution in [2.75, 3.05) is 12.8 Å². The lowest BCUT2D eigenvalue weighted by Crippen LogP contribution is -2.60. The highest BCUT2D eigenvalue weighted by atomic mass is 19.1. The van der Waals surface area contributed by atoms with Crippen LogP contribution in [0.1, 0.15) is 40.3 Å². The monoisotopic (exact) mass is 491 g/mol. The van der Waals surface area contributed by atoms with Crippen molar-refractivity contribution >= 4 is 28.9 Å².